The molecule has 0 fully saturated rings. The van der Waals surface area contributed by atoms with Crippen molar-refractivity contribution in [3.05, 3.63) is 71.8 Å². The molecule has 12 heteroatoms. The third-order valence-corrected chi connectivity index (χ3v) is 2.97. The van der Waals surface area contributed by atoms with Gasteiger partial charge >= 0.3 is 22.3 Å². The Morgan fingerprint density at radius 3 is 1.47 bits per heavy atom. The average Bonchev–Trinajstić information content (AvgIpc) is 2.75. The number of carboxylic acids is 1. The van der Waals surface area contributed by atoms with E-state index < -0.39 is 16.4 Å². The highest BCUT2D eigenvalue weighted by Crippen LogP contribution is 2.00. The van der Waals surface area contributed by atoms with Gasteiger partial charge in [0.1, 0.15) is 13.2 Å². The van der Waals surface area contributed by atoms with E-state index in [2.05, 4.69) is 0 Å². The van der Waals surface area contributed by atoms with Crippen molar-refractivity contribution in [1.29, 1.82) is 0 Å². The number of carbonyl (C=O) groups is 2. The molecule has 4 N–H and O–H groups in total. The van der Waals surface area contributed by atoms with E-state index in [-0.39, 0.29) is 25.8 Å². The molecule has 0 aliphatic rings. The number of ether oxygens (including phenoxy) is 3. The first kappa shape index (κ1) is 33.3. The summed E-state index contributed by atoms with van der Waals surface area (Å²) in [6.45, 7) is 4.67. The molecule has 0 radical (unpaired) electrons. The Hall–Kier alpha value is -2.87. The van der Waals surface area contributed by atoms with Gasteiger partial charge < -0.3 is 24.4 Å². The minimum absolute atomic E-state index is 0.0166. The van der Waals surface area contributed by atoms with Gasteiger partial charge in [-0.05, 0) is 25.0 Å². The number of rotatable bonds is 9. The van der Waals surface area contributed by atoms with Crippen LogP contribution in [0.15, 0.2) is 60.7 Å². The molecule has 0 amide bonds. The normalized spacial score (nSPS) is 9.68. The summed E-state index contributed by atoms with van der Waals surface area (Å²) in [7, 11) is -4.67. The number of esters is 1. The lowest BCUT2D eigenvalue weighted by Crippen LogP contribution is -2.12. The van der Waals surface area contributed by atoms with E-state index in [9.17, 15) is 9.59 Å². The number of hydrogen-bond donors (Lipinski definition) is 4. The Labute approximate surface area is 199 Å². The van der Waals surface area contributed by atoms with Crippen molar-refractivity contribution in [2.24, 2.45) is 0 Å². The second-order valence-corrected chi connectivity index (χ2v) is 6.82. The quantitative estimate of drug-likeness (QED) is 0.291. The van der Waals surface area contributed by atoms with Gasteiger partial charge in [-0.2, -0.15) is 8.42 Å². The summed E-state index contributed by atoms with van der Waals surface area (Å²) in [4.78, 5) is 21.0. The second kappa shape index (κ2) is 21.9. The van der Waals surface area contributed by atoms with Gasteiger partial charge in [0, 0.05) is 6.61 Å². The fourth-order valence-electron chi connectivity index (χ4n) is 1.86. The summed E-state index contributed by atoms with van der Waals surface area (Å²) in [6, 6.07) is 19.2. The van der Waals surface area contributed by atoms with E-state index in [0.717, 1.165) is 11.1 Å². The molecule has 11 nitrogen and oxygen atoms in total. The molecule has 34 heavy (non-hydrogen) atoms. The molecular formula is C22H32O11S. The maximum Gasteiger partial charge on any atom is 0.394 e. The SMILES string of the molecule is CCO.CCOC(=O)COCc1ccccc1.O=C(O)COCc1ccccc1.O=S(=O)(O)O. The first-order chi connectivity index (χ1) is 16.0. The third kappa shape index (κ3) is 29.1. The van der Waals surface area contributed by atoms with Crippen LogP contribution in [0.25, 0.3) is 0 Å². The van der Waals surface area contributed by atoms with Crippen molar-refractivity contribution < 1.29 is 51.5 Å². The molecule has 0 heterocycles. The van der Waals surface area contributed by atoms with Gasteiger partial charge in [-0.25, -0.2) is 9.59 Å². The van der Waals surface area contributed by atoms with Crippen molar-refractivity contribution in [3.63, 3.8) is 0 Å². The Morgan fingerprint density at radius 1 is 0.794 bits per heavy atom. The minimum Gasteiger partial charge on any atom is -0.480 e. The van der Waals surface area contributed by atoms with Gasteiger partial charge in [0.05, 0.1) is 19.8 Å². The number of aliphatic hydroxyl groups is 1. The van der Waals surface area contributed by atoms with Gasteiger partial charge in [0.15, 0.2) is 0 Å². The topological polar surface area (TPSA) is 177 Å². The summed E-state index contributed by atoms with van der Waals surface area (Å²) in [5.41, 5.74) is 2.04. The largest absolute Gasteiger partial charge is 0.480 e. The zero-order chi connectivity index (χ0) is 26.2. The van der Waals surface area contributed by atoms with Crippen molar-refractivity contribution in [1.82, 2.24) is 0 Å². The molecule has 0 aliphatic carbocycles. The van der Waals surface area contributed by atoms with Gasteiger partial charge in [0.25, 0.3) is 0 Å². The van der Waals surface area contributed by atoms with Crippen LogP contribution in [0.5, 0.6) is 0 Å². The summed E-state index contributed by atoms with van der Waals surface area (Å²) in [5.74, 6) is -1.26. The number of benzene rings is 2. The molecule has 0 aromatic heterocycles. The summed E-state index contributed by atoms with van der Waals surface area (Å²) in [6.07, 6.45) is 0. The fraction of sp³-hybridized carbons (Fsp3) is 0.364. The molecule has 2 aromatic carbocycles. The van der Waals surface area contributed by atoms with E-state index in [0.29, 0.717) is 19.8 Å². The molecular weight excluding hydrogens is 472 g/mol. The smallest absolute Gasteiger partial charge is 0.394 e. The number of hydrogen-bond acceptors (Lipinski definition) is 8. The highest BCUT2D eigenvalue weighted by molar-refractivity contribution is 7.79. The maximum atomic E-state index is 10.9. The molecule has 2 aromatic rings. The van der Waals surface area contributed by atoms with Crippen LogP contribution in [-0.2, 0) is 47.4 Å². The summed E-state index contributed by atoms with van der Waals surface area (Å²) in [5, 5.41) is 15.8. The van der Waals surface area contributed by atoms with E-state index in [1.807, 2.05) is 60.7 Å². The van der Waals surface area contributed by atoms with Crippen molar-refractivity contribution in [2.45, 2.75) is 27.1 Å². The Bertz CT molecular complexity index is 849. The molecule has 0 saturated carbocycles. The number of carboxylic acid groups (broad SMARTS) is 1. The van der Waals surface area contributed by atoms with E-state index >= 15 is 0 Å². The van der Waals surface area contributed by atoms with Crippen molar-refractivity contribution in [3.8, 4) is 0 Å². The standard InChI is InChI=1S/C11H14O3.C9H10O3.C2H6O.H2O4S/c1-2-14-11(12)9-13-8-10-6-4-3-5-7-10;10-9(11)7-12-6-8-4-2-1-3-5-8;1-2-3;1-5(2,3)4/h3-7H,2,8-9H2,1H3;1-5H,6-7H2,(H,10,11);3H,2H2,1H3;(H2,1,2,3,4). The highest BCUT2D eigenvalue weighted by Gasteiger charge is 2.00. The first-order valence-corrected chi connectivity index (χ1v) is 11.3. The monoisotopic (exact) mass is 504 g/mol. The summed E-state index contributed by atoms with van der Waals surface area (Å²) >= 11 is 0. The lowest BCUT2D eigenvalue weighted by atomic mass is 10.2. The average molecular weight is 505 g/mol. The molecule has 0 aliphatic heterocycles. The van der Waals surface area contributed by atoms with Crippen LogP contribution in [0.2, 0.25) is 0 Å². The number of carbonyl (C=O) groups excluding carboxylic acids is 1. The lowest BCUT2D eigenvalue weighted by Gasteiger charge is -2.03. The Morgan fingerprint density at radius 2 is 1.15 bits per heavy atom. The minimum atomic E-state index is -4.67. The van der Waals surface area contributed by atoms with E-state index in [4.69, 9.17) is 41.9 Å². The molecule has 192 valence electrons. The first-order valence-electron chi connectivity index (χ1n) is 9.94. The van der Waals surface area contributed by atoms with Crippen LogP contribution in [0.3, 0.4) is 0 Å². The van der Waals surface area contributed by atoms with Crippen LogP contribution in [-0.4, -0.2) is 66.1 Å². The van der Waals surface area contributed by atoms with Crippen LogP contribution in [0.1, 0.15) is 25.0 Å². The maximum absolute atomic E-state index is 10.9. The Kier molecular flexibility index (Phi) is 21.5. The predicted octanol–water partition coefficient (Wildman–Crippen LogP) is 2.40. The van der Waals surface area contributed by atoms with Crippen molar-refractivity contribution in [2.75, 3.05) is 26.4 Å². The molecule has 0 atom stereocenters. The molecule has 0 saturated heterocycles. The Balaban J connectivity index is 0. The van der Waals surface area contributed by atoms with Crippen LogP contribution in [0.4, 0.5) is 0 Å². The molecule has 0 bridgehead atoms. The number of aliphatic hydroxyl groups excluding tert-OH is 1. The van der Waals surface area contributed by atoms with Gasteiger partial charge in [-0.1, -0.05) is 60.7 Å². The summed E-state index contributed by atoms with van der Waals surface area (Å²) < 4.78 is 46.3. The van der Waals surface area contributed by atoms with Gasteiger partial charge in [-0.3, -0.25) is 9.11 Å². The van der Waals surface area contributed by atoms with Gasteiger partial charge in [-0.15, -0.1) is 0 Å². The lowest BCUT2D eigenvalue weighted by molar-refractivity contribution is -0.149. The van der Waals surface area contributed by atoms with Crippen LogP contribution < -0.4 is 0 Å². The second-order valence-electron chi connectivity index (χ2n) is 5.92. The molecule has 0 spiro atoms. The number of aliphatic carboxylic acids is 1. The zero-order valence-corrected chi connectivity index (χ0v) is 19.9. The van der Waals surface area contributed by atoms with Crippen LogP contribution >= 0.6 is 0 Å². The third-order valence-electron chi connectivity index (χ3n) is 2.97. The van der Waals surface area contributed by atoms with E-state index in [1.165, 1.54) is 0 Å². The molecule has 0 unspecified atom stereocenters. The molecule has 2 rings (SSSR count). The zero-order valence-electron chi connectivity index (χ0n) is 19.1. The van der Waals surface area contributed by atoms with E-state index in [1.54, 1.807) is 13.8 Å². The fourth-order valence-corrected chi connectivity index (χ4v) is 1.86. The van der Waals surface area contributed by atoms with Gasteiger partial charge in [0.2, 0.25) is 0 Å². The highest BCUT2D eigenvalue weighted by atomic mass is 32.3. The van der Waals surface area contributed by atoms with Crippen LogP contribution in [0, 0.1) is 0 Å². The van der Waals surface area contributed by atoms with Crippen molar-refractivity contribution >= 4 is 22.3 Å². The predicted molar refractivity (Wildman–Crippen MR) is 123 cm³/mol.